The van der Waals surface area contributed by atoms with Crippen LogP contribution < -0.4 is 5.73 Å². The first-order valence-electron chi connectivity index (χ1n) is 17.3. The molecule has 0 amide bonds. The largest absolute Gasteiger partial charge is 0.398 e. The van der Waals surface area contributed by atoms with Crippen molar-refractivity contribution in [3.8, 4) is 0 Å². The molecule has 8 rings (SSSR count). The Balaban J connectivity index is 1.13. The molecular formula is C48H40N2. The van der Waals surface area contributed by atoms with E-state index in [2.05, 4.69) is 130 Å². The normalized spacial score (nSPS) is 15.2. The molecule has 50 heavy (non-hydrogen) atoms. The SMILES string of the molecule is C=C/C=C\c1ccc(/C=C\C(=N)c2ccc3c(c2)C(C)(C)C2=C3C=CCC(c3ccc4c5ccccc5c5ccccc5c4c3)=C2)c(C)c1N. The molecule has 6 aromatic rings. The molecule has 0 spiro atoms. The predicted molar refractivity (Wildman–Crippen MR) is 218 cm³/mol. The van der Waals surface area contributed by atoms with Crippen LogP contribution in [-0.2, 0) is 5.41 Å². The Bertz CT molecular complexity index is 2550. The smallest absolute Gasteiger partial charge is 0.0612 e. The Morgan fingerprint density at radius 1 is 0.780 bits per heavy atom. The summed E-state index contributed by atoms with van der Waals surface area (Å²) < 4.78 is 0. The molecule has 0 radical (unpaired) electrons. The Morgan fingerprint density at radius 2 is 1.44 bits per heavy atom. The average Bonchev–Trinajstić information content (AvgIpc) is 3.26. The van der Waals surface area contributed by atoms with Crippen molar-refractivity contribution in [2.45, 2.75) is 32.6 Å². The van der Waals surface area contributed by atoms with Crippen molar-refractivity contribution < 1.29 is 0 Å². The van der Waals surface area contributed by atoms with Crippen LogP contribution in [0.5, 0.6) is 0 Å². The topological polar surface area (TPSA) is 49.9 Å². The molecule has 0 saturated carbocycles. The summed E-state index contributed by atoms with van der Waals surface area (Å²) in [5, 5.41) is 16.8. The second-order valence-corrected chi connectivity index (χ2v) is 14.0. The van der Waals surface area contributed by atoms with E-state index < -0.39 is 0 Å². The van der Waals surface area contributed by atoms with Crippen LogP contribution in [0, 0.1) is 12.3 Å². The van der Waals surface area contributed by atoms with Crippen LogP contribution in [0.2, 0.25) is 0 Å². The maximum atomic E-state index is 9.00. The minimum atomic E-state index is -0.218. The van der Waals surface area contributed by atoms with Gasteiger partial charge in [0, 0.05) is 11.1 Å². The van der Waals surface area contributed by atoms with Gasteiger partial charge in [-0.25, -0.2) is 0 Å². The number of allylic oxidation sites excluding steroid dienone is 9. The quantitative estimate of drug-likeness (QED) is 0.0806. The second kappa shape index (κ2) is 12.2. The maximum absolute atomic E-state index is 9.00. The number of nitrogens with two attached hydrogens (primary N) is 1. The first-order chi connectivity index (χ1) is 24.3. The number of rotatable bonds is 6. The zero-order valence-electron chi connectivity index (χ0n) is 28.8. The van der Waals surface area contributed by atoms with E-state index in [1.807, 2.05) is 37.3 Å². The van der Waals surface area contributed by atoms with Crippen molar-refractivity contribution >= 4 is 67.0 Å². The van der Waals surface area contributed by atoms with Crippen molar-refractivity contribution in [3.63, 3.8) is 0 Å². The first-order valence-corrected chi connectivity index (χ1v) is 17.3. The molecule has 2 aliphatic rings. The Hall–Kier alpha value is -5.99. The Kier molecular flexibility index (Phi) is 7.61. The Labute approximate surface area is 294 Å². The van der Waals surface area contributed by atoms with Crippen molar-refractivity contribution in [1.29, 1.82) is 5.41 Å². The van der Waals surface area contributed by atoms with E-state index in [9.17, 15) is 0 Å². The number of fused-ring (bicyclic) bond motifs is 8. The summed E-state index contributed by atoms with van der Waals surface area (Å²) in [6.07, 6.45) is 17.4. The molecule has 0 atom stereocenters. The van der Waals surface area contributed by atoms with Gasteiger partial charge in [-0.2, -0.15) is 0 Å². The third kappa shape index (κ3) is 5.07. The number of hydrogen-bond acceptors (Lipinski definition) is 2. The number of nitrogens with one attached hydrogen (secondary N) is 1. The van der Waals surface area contributed by atoms with E-state index in [0.717, 1.165) is 34.4 Å². The lowest BCUT2D eigenvalue weighted by Gasteiger charge is -2.24. The van der Waals surface area contributed by atoms with Crippen LogP contribution in [0.1, 0.15) is 59.2 Å². The zero-order valence-corrected chi connectivity index (χ0v) is 28.8. The summed E-state index contributed by atoms with van der Waals surface area (Å²) in [7, 11) is 0. The van der Waals surface area contributed by atoms with E-state index in [1.54, 1.807) is 6.08 Å². The highest BCUT2D eigenvalue weighted by Gasteiger charge is 2.37. The zero-order chi connectivity index (χ0) is 34.6. The van der Waals surface area contributed by atoms with Crippen LogP contribution in [0.4, 0.5) is 5.69 Å². The summed E-state index contributed by atoms with van der Waals surface area (Å²) >= 11 is 0. The minimum Gasteiger partial charge on any atom is -0.398 e. The minimum absolute atomic E-state index is 0.218. The summed E-state index contributed by atoms with van der Waals surface area (Å²) in [4.78, 5) is 0. The lowest BCUT2D eigenvalue weighted by Crippen LogP contribution is -2.17. The van der Waals surface area contributed by atoms with E-state index in [0.29, 0.717) is 5.71 Å². The highest BCUT2D eigenvalue weighted by molar-refractivity contribution is 6.25. The summed E-state index contributed by atoms with van der Waals surface area (Å²) in [5.41, 5.74) is 19.0. The predicted octanol–water partition coefficient (Wildman–Crippen LogP) is 12.4. The fourth-order valence-corrected chi connectivity index (χ4v) is 7.91. The molecule has 3 N–H and O–H groups in total. The van der Waals surface area contributed by atoms with Gasteiger partial charge < -0.3 is 11.1 Å². The third-order valence-electron chi connectivity index (χ3n) is 10.7. The van der Waals surface area contributed by atoms with Gasteiger partial charge in [0.15, 0.2) is 0 Å². The number of nitrogen functional groups attached to an aromatic ring is 1. The highest BCUT2D eigenvalue weighted by atomic mass is 14.6. The van der Waals surface area contributed by atoms with Crippen LogP contribution in [0.3, 0.4) is 0 Å². The number of anilines is 1. The van der Waals surface area contributed by atoms with Crippen molar-refractivity contribution in [2.24, 2.45) is 0 Å². The molecular weight excluding hydrogens is 605 g/mol. The standard InChI is InChI=1S/C48H40N2/c1-5-6-12-32-20-19-31(30(2)47(32)50)23-26-46(49)35-22-25-42-41-18-11-13-33(28-44(41)48(3,4)45(42)29-35)34-21-24-40-38-16-8-7-14-36(38)37-15-9-10-17-39(37)43(40)27-34/h5-12,14-29,49H,1,13,50H2,2-4H3/b12-6-,26-23-,49-46?. The van der Waals surface area contributed by atoms with Gasteiger partial charge in [0.05, 0.1) is 5.71 Å². The van der Waals surface area contributed by atoms with E-state index in [1.165, 1.54) is 65.7 Å². The molecule has 0 unspecified atom stereocenters. The van der Waals surface area contributed by atoms with Gasteiger partial charge in [-0.1, -0.05) is 148 Å². The maximum Gasteiger partial charge on any atom is 0.0612 e. The monoisotopic (exact) mass is 644 g/mol. The molecule has 2 nitrogen and oxygen atoms in total. The van der Waals surface area contributed by atoms with E-state index in [-0.39, 0.29) is 5.41 Å². The second-order valence-electron chi connectivity index (χ2n) is 14.0. The van der Waals surface area contributed by atoms with Gasteiger partial charge in [0.25, 0.3) is 0 Å². The van der Waals surface area contributed by atoms with Crippen LogP contribution in [0.15, 0.2) is 146 Å². The molecule has 242 valence electrons. The van der Waals surface area contributed by atoms with Crippen molar-refractivity contribution in [2.75, 3.05) is 5.73 Å². The van der Waals surface area contributed by atoms with Crippen molar-refractivity contribution in [1.82, 2.24) is 0 Å². The molecule has 0 fully saturated rings. The fourth-order valence-electron chi connectivity index (χ4n) is 7.91. The van der Waals surface area contributed by atoms with Crippen LogP contribution >= 0.6 is 0 Å². The van der Waals surface area contributed by atoms with Gasteiger partial charge in [-0.15, -0.1) is 0 Å². The number of hydrogen-bond donors (Lipinski definition) is 2. The summed E-state index contributed by atoms with van der Waals surface area (Å²) in [6.45, 7) is 10.4. The molecule has 0 aliphatic heterocycles. The molecule has 2 aliphatic carbocycles. The molecule has 0 heterocycles. The third-order valence-corrected chi connectivity index (χ3v) is 10.7. The lowest BCUT2D eigenvalue weighted by molar-refractivity contribution is 0.654. The Morgan fingerprint density at radius 3 is 2.14 bits per heavy atom. The molecule has 0 aromatic heterocycles. The summed E-state index contributed by atoms with van der Waals surface area (Å²) in [6, 6.07) is 35.1. The van der Waals surface area contributed by atoms with E-state index >= 15 is 0 Å². The van der Waals surface area contributed by atoms with Gasteiger partial charge in [-0.3, -0.25) is 0 Å². The lowest BCUT2D eigenvalue weighted by atomic mass is 9.79. The molecule has 2 heteroatoms. The molecule has 0 saturated heterocycles. The van der Waals surface area contributed by atoms with Gasteiger partial charge in [0.1, 0.15) is 0 Å². The molecule has 6 aromatic carbocycles. The van der Waals surface area contributed by atoms with Crippen molar-refractivity contribution in [3.05, 3.63) is 185 Å². The van der Waals surface area contributed by atoms with Crippen LogP contribution in [-0.4, -0.2) is 5.71 Å². The van der Waals surface area contributed by atoms with E-state index in [4.69, 9.17) is 11.1 Å². The highest BCUT2D eigenvalue weighted by Crippen LogP contribution is 2.50. The van der Waals surface area contributed by atoms with Gasteiger partial charge in [0.2, 0.25) is 0 Å². The average molecular weight is 645 g/mol. The number of benzene rings is 6. The molecule has 0 bridgehead atoms. The van der Waals surface area contributed by atoms with Gasteiger partial charge in [-0.05, 0) is 120 Å². The first kappa shape index (κ1) is 31.3. The summed E-state index contributed by atoms with van der Waals surface area (Å²) in [5.74, 6) is 0. The van der Waals surface area contributed by atoms with Gasteiger partial charge >= 0.3 is 0 Å². The fraction of sp³-hybridized carbons (Fsp3) is 0.104. The van der Waals surface area contributed by atoms with Crippen LogP contribution in [0.25, 0.3) is 55.6 Å².